The third kappa shape index (κ3) is 4.31. The van der Waals surface area contributed by atoms with Crippen LogP contribution >= 0.6 is 0 Å². The molecule has 1 unspecified atom stereocenters. The number of aromatic nitrogens is 2. The number of nitrogens with zero attached hydrogens (tertiary/aromatic N) is 1. The molecule has 2 aromatic carbocycles. The number of aliphatic hydroxyl groups is 1. The van der Waals surface area contributed by atoms with E-state index < -0.39 is 44.8 Å². The number of H-pyrrole nitrogens is 1. The van der Waals surface area contributed by atoms with Crippen LogP contribution in [0.1, 0.15) is 24.2 Å². The van der Waals surface area contributed by atoms with Gasteiger partial charge in [-0.25, -0.2) is 17.8 Å². The molecule has 1 heterocycles. The molecular formula is C19H17F3N2O5S. The van der Waals surface area contributed by atoms with Gasteiger partial charge in [0.2, 0.25) is 0 Å². The number of hydrogen-bond acceptors (Lipinski definition) is 5. The molecular weight excluding hydrogens is 425 g/mol. The number of aromatic amines is 1. The van der Waals surface area contributed by atoms with Crippen molar-refractivity contribution >= 4 is 20.7 Å². The number of benzene rings is 2. The quantitative estimate of drug-likeness (QED) is 0.645. The summed E-state index contributed by atoms with van der Waals surface area (Å²) in [4.78, 5) is 27.0. The van der Waals surface area contributed by atoms with Crippen molar-refractivity contribution in [3.8, 4) is 11.1 Å². The van der Waals surface area contributed by atoms with Crippen LogP contribution in [0, 0.1) is 0 Å². The average Bonchev–Trinajstić information content (AvgIpc) is 2.63. The smallest absolute Gasteiger partial charge is 0.389 e. The molecule has 30 heavy (non-hydrogen) atoms. The van der Waals surface area contributed by atoms with Crippen LogP contribution in [-0.4, -0.2) is 29.3 Å². The molecule has 0 aliphatic carbocycles. The Labute approximate surface area is 168 Å². The lowest BCUT2D eigenvalue weighted by molar-refractivity contribution is -0.137. The molecule has 7 nitrogen and oxygen atoms in total. The fraction of sp³-hybridized carbons (Fsp3) is 0.263. The van der Waals surface area contributed by atoms with E-state index in [1.165, 1.54) is 25.1 Å². The van der Waals surface area contributed by atoms with E-state index in [0.717, 1.165) is 12.3 Å². The molecule has 1 atom stereocenters. The standard InChI is InChI=1S/C19H17F3N2O5S/c1-10(25)11-4-3-5-12(6-11)13-7-14-16(8-15(13)19(20,21)22)23-18(27)24(17(14)26)9-30(2,28)29/h3-8,10,25H,9H2,1-2H3,(H,23,27). The molecule has 0 saturated heterocycles. The van der Waals surface area contributed by atoms with Crippen molar-refractivity contribution in [3.63, 3.8) is 0 Å². The van der Waals surface area contributed by atoms with Crippen molar-refractivity contribution in [1.82, 2.24) is 9.55 Å². The zero-order valence-electron chi connectivity index (χ0n) is 15.8. The van der Waals surface area contributed by atoms with E-state index in [1.807, 2.05) is 0 Å². The molecule has 0 fully saturated rings. The highest BCUT2D eigenvalue weighted by Crippen LogP contribution is 2.39. The monoisotopic (exact) mass is 442 g/mol. The van der Waals surface area contributed by atoms with Crippen molar-refractivity contribution in [2.24, 2.45) is 0 Å². The van der Waals surface area contributed by atoms with Crippen LogP contribution in [0.3, 0.4) is 0 Å². The topological polar surface area (TPSA) is 109 Å². The van der Waals surface area contributed by atoms with Gasteiger partial charge in [-0.05, 0) is 41.8 Å². The highest BCUT2D eigenvalue weighted by atomic mass is 32.2. The van der Waals surface area contributed by atoms with Crippen LogP contribution in [-0.2, 0) is 21.9 Å². The second-order valence-corrected chi connectivity index (χ2v) is 9.07. The van der Waals surface area contributed by atoms with Gasteiger partial charge in [-0.3, -0.25) is 4.79 Å². The molecule has 0 aliphatic rings. The molecule has 11 heteroatoms. The van der Waals surface area contributed by atoms with E-state index in [4.69, 9.17) is 0 Å². The lowest BCUT2D eigenvalue weighted by Crippen LogP contribution is -2.37. The van der Waals surface area contributed by atoms with Gasteiger partial charge in [0.05, 0.1) is 22.6 Å². The van der Waals surface area contributed by atoms with Crippen LogP contribution in [0.4, 0.5) is 13.2 Å². The van der Waals surface area contributed by atoms with Gasteiger partial charge in [0, 0.05) is 6.26 Å². The van der Waals surface area contributed by atoms with Crippen molar-refractivity contribution in [2.45, 2.75) is 25.1 Å². The molecule has 0 amide bonds. The first-order valence-corrected chi connectivity index (χ1v) is 10.7. The Kier molecular flexibility index (Phi) is 5.37. The predicted molar refractivity (Wildman–Crippen MR) is 105 cm³/mol. The summed E-state index contributed by atoms with van der Waals surface area (Å²) in [5.74, 6) is -0.912. The average molecular weight is 442 g/mol. The fourth-order valence-electron chi connectivity index (χ4n) is 3.09. The van der Waals surface area contributed by atoms with Crippen molar-refractivity contribution in [3.05, 3.63) is 68.4 Å². The molecule has 1 aromatic heterocycles. The van der Waals surface area contributed by atoms with Gasteiger partial charge in [-0.1, -0.05) is 18.2 Å². The van der Waals surface area contributed by atoms with E-state index in [0.29, 0.717) is 16.2 Å². The summed E-state index contributed by atoms with van der Waals surface area (Å²) in [6.07, 6.45) is -4.91. The molecule has 0 saturated carbocycles. The van der Waals surface area contributed by atoms with Gasteiger partial charge in [-0.2, -0.15) is 13.2 Å². The number of rotatable bonds is 4. The van der Waals surface area contributed by atoms with Gasteiger partial charge in [0.25, 0.3) is 5.56 Å². The molecule has 2 N–H and O–H groups in total. The first-order chi connectivity index (χ1) is 13.8. The molecule has 0 aliphatic heterocycles. The van der Waals surface area contributed by atoms with Gasteiger partial charge >= 0.3 is 11.9 Å². The van der Waals surface area contributed by atoms with E-state index in [2.05, 4.69) is 4.98 Å². The van der Waals surface area contributed by atoms with Crippen molar-refractivity contribution < 1.29 is 26.7 Å². The Morgan fingerprint density at radius 1 is 1.17 bits per heavy atom. The summed E-state index contributed by atoms with van der Waals surface area (Å²) in [7, 11) is -3.76. The van der Waals surface area contributed by atoms with Crippen LogP contribution in [0.5, 0.6) is 0 Å². The Balaban J connectivity index is 2.40. The van der Waals surface area contributed by atoms with Gasteiger partial charge < -0.3 is 10.1 Å². The number of nitrogens with one attached hydrogen (secondary N) is 1. The minimum absolute atomic E-state index is 0.0999. The summed E-state index contributed by atoms with van der Waals surface area (Å²) in [6.45, 7) is 1.46. The SMILES string of the molecule is CC(O)c1cccc(-c2cc3c(=O)n(CS(C)(=O)=O)c(=O)[nH]c3cc2C(F)(F)F)c1. The molecule has 3 aromatic rings. The number of sulfone groups is 1. The van der Waals surface area contributed by atoms with Gasteiger partial charge in [0.15, 0.2) is 9.84 Å². The van der Waals surface area contributed by atoms with Crippen LogP contribution in [0.25, 0.3) is 22.0 Å². The number of alkyl halides is 3. The lowest BCUT2D eigenvalue weighted by Gasteiger charge is -2.16. The maximum Gasteiger partial charge on any atom is 0.417 e. The van der Waals surface area contributed by atoms with Gasteiger partial charge in [-0.15, -0.1) is 0 Å². The summed E-state index contributed by atoms with van der Waals surface area (Å²) in [6, 6.07) is 7.38. The normalized spacial score (nSPS) is 13.5. The summed E-state index contributed by atoms with van der Waals surface area (Å²) < 4.78 is 64.6. The zero-order chi connectivity index (χ0) is 22.4. The molecule has 160 valence electrons. The van der Waals surface area contributed by atoms with Crippen molar-refractivity contribution in [1.29, 1.82) is 0 Å². The first kappa shape index (κ1) is 21.8. The summed E-state index contributed by atoms with van der Waals surface area (Å²) in [5, 5.41) is 9.47. The largest absolute Gasteiger partial charge is 0.417 e. The Bertz CT molecular complexity index is 1360. The van der Waals surface area contributed by atoms with Crippen LogP contribution in [0.2, 0.25) is 0 Å². The number of fused-ring (bicyclic) bond motifs is 1. The zero-order valence-corrected chi connectivity index (χ0v) is 16.6. The minimum atomic E-state index is -4.80. The third-order valence-electron chi connectivity index (χ3n) is 4.47. The highest BCUT2D eigenvalue weighted by Gasteiger charge is 2.34. The number of halogens is 3. The Morgan fingerprint density at radius 2 is 1.83 bits per heavy atom. The number of aliphatic hydroxyl groups excluding tert-OH is 1. The third-order valence-corrected chi connectivity index (χ3v) is 5.20. The number of hydrogen-bond donors (Lipinski definition) is 2. The predicted octanol–water partition coefficient (Wildman–Crippen LogP) is 2.43. The van der Waals surface area contributed by atoms with E-state index in [9.17, 15) is 36.3 Å². The lowest BCUT2D eigenvalue weighted by atomic mass is 9.95. The Hall–Kier alpha value is -2.92. The molecule has 0 bridgehead atoms. The van der Waals surface area contributed by atoms with E-state index >= 15 is 0 Å². The second kappa shape index (κ2) is 7.40. The molecule has 3 rings (SSSR count). The van der Waals surface area contributed by atoms with Crippen LogP contribution < -0.4 is 11.2 Å². The second-order valence-electron chi connectivity index (χ2n) is 6.96. The summed E-state index contributed by atoms with van der Waals surface area (Å²) in [5.41, 5.74) is -3.48. The first-order valence-electron chi connectivity index (χ1n) is 8.62. The molecule has 0 spiro atoms. The van der Waals surface area contributed by atoms with E-state index in [1.54, 1.807) is 6.07 Å². The van der Waals surface area contributed by atoms with Gasteiger partial charge in [0.1, 0.15) is 5.88 Å². The van der Waals surface area contributed by atoms with E-state index in [-0.39, 0.29) is 22.0 Å². The van der Waals surface area contributed by atoms with Crippen molar-refractivity contribution in [2.75, 3.05) is 6.26 Å². The maximum absolute atomic E-state index is 13.7. The fourth-order valence-corrected chi connectivity index (χ4v) is 3.80. The highest BCUT2D eigenvalue weighted by molar-refractivity contribution is 7.89. The Morgan fingerprint density at radius 3 is 2.40 bits per heavy atom. The minimum Gasteiger partial charge on any atom is -0.389 e. The molecule has 0 radical (unpaired) electrons. The maximum atomic E-state index is 13.7. The van der Waals surface area contributed by atoms with Crippen LogP contribution in [0.15, 0.2) is 46.0 Å². The summed E-state index contributed by atoms with van der Waals surface area (Å²) >= 11 is 0.